The van der Waals surface area contributed by atoms with Gasteiger partial charge in [0.2, 0.25) is 17.7 Å². The molecule has 7 nitrogen and oxygen atoms in total. The van der Waals surface area contributed by atoms with Gasteiger partial charge in [-0.15, -0.1) is 5.10 Å². The molecule has 1 atom stereocenters. The molecule has 1 aromatic heterocycles. The lowest BCUT2D eigenvalue weighted by Gasteiger charge is -2.15. The quantitative estimate of drug-likeness (QED) is 0.689. The summed E-state index contributed by atoms with van der Waals surface area (Å²) in [5.41, 5.74) is 1.40. The lowest BCUT2D eigenvalue weighted by Crippen LogP contribution is -2.24. The number of nitrogens with zero attached hydrogens (tertiary/aromatic N) is 3. The van der Waals surface area contributed by atoms with Crippen LogP contribution in [0.2, 0.25) is 5.02 Å². The van der Waals surface area contributed by atoms with E-state index in [1.165, 1.54) is 12.1 Å². The van der Waals surface area contributed by atoms with Crippen molar-refractivity contribution in [2.24, 2.45) is 0 Å². The highest BCUT2D eigenvalue weighted by Gasteiger charge is 2.35. The first-order valence-corrected chi connectivity index (χ1v) is 9.29. The largest absolute Gasteiger partial charge is 0.407 e. The summed E-state index contributed by atoms with van der Waals surface area (Å²) in [6.07, 6.45) is 0.326. The van der Waals surface area contributed by atoms with Crippen molar-refractivity contribution in [3.63, 3.8) is 0 Å². The van der Waals surface area contributed by atoms with Gasteiger partial charge < -0.3 is 9.32 Å². The normalized spacial score (nSPS) is 16.3. The van der Waals surface area contributed by atoms with Crippen LogP contribution in [0.1, 0.15) is 23.8 Å². The van der Waals surface area contributed by atoms with Crippen LogP contribution in [0.3, 0.4) is 0 Å². The van der Waals surface area contributed by atoms with Crippen molar-refractivity contribution in [2.45, 2.75) is 18.8 Å². The summed E-state index contributed by atoms with van der Waals surface area (Å²) in [4.78, 5) is 26.0. The monoisotopic (exact) mass is 414 g/mol. The molecular weight excluding hydrogens is 399 g/mol. The molecule has 1 saturated heterocycles. The van der Waals surface area contributed by atoms with Crippen molar-refractivity contribution in [1.82, 2.24) is 10.2 Å². The Bertz CT molecular complexity index is 1040. The van der Waals surface area contributed by atoms with Gasteiger partial charge in [0.1, 0.15) is 5.82 Å². The summed E-state index contributed by atoms with van der Waals surface area (Å²) in [7, 11) is 0. The molecule has 1 N–H and O–H groups in total. The van der Waals surface area contributed by atoms with Gasteiger partial charge in [-0.2, -0.15) is 0 Å². The van der Waals surface area contributed by atoms with E-state index >= 15 is 0 Å². The van der Waals surface area contributed by atoms with E-state index in [0.717, 1.165) is 5.56 Å². The number of hydrogen-bond acceptors (Lipinski definition) is 5. The third kappa shape index (κ3) is 4.43. The average molecular weight is 415 g/mol. The first-order valence-electron chi connectivity index (χ1n) is 8.91. The van der Waals surface area contributed by atoms with Crippen LogP contribution in [0, 0.1) is 5.82 Å². The molecule has 1 fully saturated rings. The topological polar surface area (TPSA) is 88.3 Å². The van der Waals surface area contributed by atoms with Crippen LogP contribution in [0.4, 0.5) is 16.1 Å². The van der Waals surface area contributed by atoms with Crippen molar-refractivity contribution >= 4 is 35.1 Å². The van der Waals surface area contributed by atoms with Gasteiger partial charge in [-0.1, -0.05) is 28.8 Å². The number of benzene rings is 2. The maximum Gasteiger partial charge on any atom is 0.322 e. The van der Waals surface area contributed by atoms with Crippen molar-refractivity contribution < 1.29 is 18.4 Å². The summed E-state index contributed by atoms with van der Waals surface area (Å²) >= 11 is 5.83. The maximum absolute atomic E-state index is 13.1. The second kappa shape index (κ2) is 8.00. The van der Waals surface area contributed by atoms with Crippen LogP contribution in [0.5, 0.6) is 0 Å². The van der Waals surface area contributed by atoms with Crippen LogP contribution < -0.4 is 10.2 Å². The number of hydrogen-bond donors (Lipinski definition) is 1. The second-order valence-electron chi connectivity index (χ2n) is 6.68. The predicted molar refractivity (Wildman–Crippen MR) is 104 cm³/mol. The van der Waals surface area contributed by atoms with E-state index in [4.69, 9.17) is 16.0 Å². The minimum absolute atomic E-state index is 0.0216. The molecule has 1 aliphatic rings. The zero-order valence-corrected chi connectivity index (χ0v) is 15.9. The van der Waals surface area contributed by atoms with Gasteiger partial charge in [0, 0.05) is 23.7 Å². The molecule has 29 heavy (non-hydrogen) atoms. The van der Waals surface area contributed by atoms with Crippen LogP contribution in [0.25, 0.3) is 0 Å². The summed E-state index contributed by atoms with van der Waals surface area (Å²) < 4.78 is 18.6. The van der Waals surface area contributed by atoms with Gasteiger partial charge in [-0.3, -0.25) is 14.9 Å². The van der Waals surface area contributed by atoms with Crippen LogP contribution in [-0.2, 0) is 16.0 Å². The highest BCUT2D eigenvalue weighted by atomic mass is 35.5. The molecule has 1 unspecified atom stereocenters. The van der Waals surface area contributed by atoms with E-state index in [0.29, 0.717) is 17.3 Å². The zero-order chi connectivity index (χ0) is 20.4. The summed E-state index contributed by atoms with van der Waals surface area (Å²) in [6, 6.07) is 12.6. The number of amides is 2. The van der Waals surface area contributed by atoms with Gasteiger partial charge in [-0.05, 0) is 42.0 Å². The van der Waals surface area contributed by atoms with Gasteiger partial charge in [0.25, 0.3) is 0 Å². The standard InChI is InChI=1S/C20H16ClFN4O3/c21-14-3-1-12(2-4-14)9-17(27)23-20-25-24-19(29-20)13-10-18(28)26(11-13)16-7-5-15(22)6-8-16/h1-8,13H,9-11H2,(H,23,25,27). The fraction of sp³-hybridized carbons (Fsp3) is 0.200. The molecule has 2 amide bonds. The molecule has 0 radical (unpaired) electrons. The molecular formula is C20H16ClFN4O3. The van der Waals surface area contributed by atoms with Crippen LogP contribution in [-0.4, -0.2) is 28.6 Å². The van der Waals surface area contributed by atoms with E-state index in [1.54, 1.807) is 41.3 Å². The van der Waals surface area contributed by atoms with Crippen molar-refractivity contribution in [1.29, 1.82) is 0 Å². The Kier molecular flexibility index (Phi) is 5.26. The van der Waals surface area contributed by atoms with Crippen molar-refractivity contribution in [3.8, 4) is 0 Å². The zero-order valence-electron chi connectivity index (χ0n) is 15.1. The smallest absolute Gasteiger partial charge is 0.322 e. The molecule has 4 rings (SSSR count). The lowest BCUT2D eigenvalue weighted by molar-refractivity contribution is -0.117. The summed E-state index contributed by atoms with van der Waals surface area (Å²) in [5.74, 6) is -0.828. The molecule has 0 bridgehead atoms. The van der Waals surface area contributed by atoms with Gasteiger partial charge in [0.05, 0.1) is 12.3 Å². The molecule has 9 heteroatoms. The number of carbonyl (C=O) groups excluding carboxylic acids is 2. The van der Waals surface area contributed by atoms with Crippen LogP contribution in [0.15, 0.2) is 52.9 Å². The number of rotatable bonds is 5. The molecule has 0 spiro atoms. The molecule has 148 valence electrons. The number of carbonyl (C=O) groups is 2. The highest BCUT2D eigenvalue weighted by molar-refractivity contribution is 6.30. The number of nitrogens with one attached hydrogen (secondary N) is 1. The third-order valence-electron chi connectivity index (χ3n) is 4.58. The third-order valence-corrected chi connectivity index (χ3v) is 4.83. The van der Waals surface area contributed by atoms with E-state index in [1.807, 2.05) is 0 Å². The minimum atomic E-state index is -0.368. The molecule has 2 aromatic carbocycles. The van der Waals surface area contributed by atoms with Gasteiger partial charge in [0.15, 0.2) is 0 Å². The van der Waals surface area contributed by atoms with Crippen molar-refractivity contribution in [2.75, 3.05) is 16.8 Å². The Morgan fingerprint density at radius 2 is 1.90 bits per heavy atom. The van der Waals surface area contributed by atoms with Gasteiger partial charge >= 0.3 is 6.01 Å². The molecule has 2 heterocycles. The Morgan fingerprint density at radius 3 is 2.62 bits per heavy atom. The van der Waals surface area contributed by atoms with E-state index in [2.05, 4.69) is 15.5 Å². The fourth-order valence-electron chi connectivity index (χ4n) is 3.14. The predicted octanol–water partition coefficient (Wildman–Crippen LogP) is 3.56. The first kappa shape index (κ1) is 19.1. The molecule has 0 aliphatic carbocycles. The van der Waals surface area contributed by atoms with Gasteiger partial charge in [-0.25, -0.2) is 4.39 Å². The van der Waals surface area contributed by atoms with E-state index < -0.39 is 0 Å². The number of aromatic nitrogens is 2. The first-order chi connectivity index (χ1) is 14.0. The van der Waals surface area contributed by atoms with Crippen molar-refractivity contribution in [3.05, 3.63) is 70.8 Å². The Morgan fingerprint density at radius 1 is 1.17 bits per heavy atom. The SMILES string of the molecule is O=C(Cc1ccc(Cl)cc1)Nc1nnc(C2CC(=O)N(c3ccc(F)cc3)C2)o1. The maximum atomic E-state index is 13.1. The molecule has 0 saturated carbocycles. The van der Waals surface area contributed by atoms with E-state index in [9.17, 15) is 14.0 Å². The Balaban J connectivity index is 1.38. The minimum Gasteiger partial charge on any atom is -0.407 e. The molecule has 1 aliphatic heterocycles. The Hall–Kier alpha value is -3.26. The summed E-state index contributed by atoms with van der Waals surface area (Å²) in [6.45, 7) is 0.338. The van der Waals surface area contributed by atoms with E-state index in [-0.39, 0.29) is 48.3 Å². The molecule has 3 aromatic rings. The highest BCUT2D eigenvalue weighted by Crippen LogP contribution is 2.31. The lowest BCUT2D eigenvalue weighted by atomic mass is 10.1. The second-order valence-corrected chi connectivity index (χ2v) is 7.12. The number of anilines is 2. The Labute approximate surface area is 170 Å². The fourth-order valence-corrected chi connectivity index (χ4v) is 3.27. The number of halogens is 2. The summed E-state index contributed by atoms with van der Waals surface area (Å²) in [5, 5.41) is 11.0. The average Bonchev–Trinajstić information content (AvgIpc) is 3.31. The van der Waals surface area contributed by atoms with Crippen LogP contribution >= 0.6 is 11.6 Å².